The largest absolute Gasteiger partial charge is 0.409 e. The van der Waals surface area contributed by atoms with Crippen molar-refractivity contribution in [2.45, 2.75) is 38.1 Å². The van der Waals surface area contributed by atoms with Gasteiger partial charge in [0.1, 0.15) is 0 Å². The maximum absolute atomic E-state index is 8.74. The molecule has 2 rings (SSSR count). The average Bonchev–Trinajstić information content (AvgIpc) is 2.98. The van der Waals surface area contributed by atoms with E-state index in [0.29, 0.717) is 18.4 Å². The number of hydrogen-bond donors (Lipinski definition) is 2. The maximum atomic E-state index is 8.74. The molecule has 19 heavy (non-hydrogen) atoms. The molecular weight excluding hydrogens is 240 g/mol. The first kappa shape index (κ1) is 13.8. The van der Waals surface area contributed by atoms with Crippen molar-refractivity contribution in [1.29, 1.82) is 0 Å². The molecule has 0 radical (unpaired) electrons. The van der Waals surface area contributed by atoms with Crippen LogP contribution in [0.2, 0.25) is 0 Å². The Hall–Kier alpha value is -1.62. The highest BCUT2D eigenvalue weighted by Gasteiger charge is 2.23. The molecule has 5 heteroatoms. The van der Waals surface area contributed by atoms with Crippen LogP contribution in [0.15, 0.2) is 29.7 Å². The molecule has 1 heterocycles. The third-order valence-corrected chi connectivity index (χ3v) is 3.77. The first-order valence-corrected chi connectivity index (χ1v) is 6.89. The highest BCUT2D eigenvalue weighted by atomic mass is 16.4. The quantitative estimate of drug-likeness (QED) is 0.353. The molecule has 1 saturated carbocycles. The van der Waals surface area contributed by atoms with Crippen LogP contribution in [0.5, 0.6) is 0 Å². The molecule has 0 spiro atoms. The van der Waals surface area contributed by atoms with Crippen LogP contribution >= 0.6 is 0 Å². The lowest BCUT2D eigenvalue weighted by atomic mass is 10.1. The second-order valence-corrected chi connectivity index (χ2v) is 5.11. The summed E-state index contributed by atoms with van der Waals surface area (Å²) in [7, 11) is 0. The van der Waals surface area contributed by atoms with Gasteiger partial charge in [-0.2, -0.15) is 0 Å². The molecule has 0 unspecified atom stereocenters. The second-order valence-electron chi connectivity index (χ2n) is 5.11. The molecule has 3 N–H and O–H groups in total. The van der Waals surface area contributed by atoms with E-state index < -0.39 is 0 Å². The van der Waals surface area contributed by atoms with Gasteiger partial charge >= 0.3 is 0 Å². The predicted octanol–water partition coefficient (Wildman–Crippen LogP) is 1.62. The Kier molecular flexibility index (Phi) is 5.15. The SMILES string of the molecule is NC(CN(CCc1ccncc1)C1CCCC1)=NO. The van der Waals surface area contributed by atoms with Crippen molar-refractivity contribution in [3.63, 3.8) is 0 Å². The molecular formula is C14H22N4O. The minimum Gasteiger partial charge on any atom is -0.409 e. The van der Waals surface area contributed by atoms with Crippen molar-refractivity contribution in [2.24, 2.45) is 10.9 Å². The van der Waals surface area contributed by atoms with Crippen LogP contribution in [0.3, 0.4) is 0 Å². The number of aromatic nitrogens is 1. The lowest BCUT2D eigenvalue weighted by molar-refractivity contribution is 0.225. The third-order valence-electron chi connectivity index (χ3n) is 3.77. The zero-order valence-corrected chi connectivity index (χ0v) is 11.2. The van der Waals surface area contributed by atoms with E-state index in [4.69, 9.17) is 10.9 Å². The third kappa shape index (κ3) is 4.21. The maximum Gasteiger partial charge on any atom is 0.153 e. The molecule has 0 aromatic carbocycles. The van der Waals surface area contributed by atoms with E-state index >= 15 is 0 Å². The topological polar surface area (TPSA) is 74.7 Å². The van der Waals surface area contributed by atoms with E-state index in [1.54, 1.807) is 0 Å². The number of pyridine rings is 1. The smallest absolute Gasteiger partial charge is 0.153 e. The van der Waals surface area contributed by atoms with E-state index in [2.05, 4.69) is 15.0 Å². The van der Waals surface area contributed by atoms with E-state index in [1.165, 1.54) is 31.2 Å². The minimum absolute atomic E-state index is 0.293. The Bertz CT molecular complexity index is 401. The summed E-state index contributed by atoms with van der Waals surface area (Å²) < 4.78 is 0. The van der Waals surface area contributed by atoms with Gasteiger partial charge in [0.05, 0.1) is 6.54 Å². The highest BCUT2D eigenvalue weighted by Crippen LogP contribution is 2.23. The van der Waals surface area contributed by atoms with Gasteiger partial charge in [-0.1, -0.05) is 18.0 Å². The lowest BCUT2D eigenvalue weighted by Crippen LogP contribution is -2.41. The summed E-state index contributed by atoms with van der Waals surface area (Å²) in [6, 6.07) is 4.65. The molecule has 1 aliphatic carbocycles. The number of nitrogens with two attached hydrogens (primary N) is 1. The van der Waals surface area contributed by atoms with E-state index in [9.17, 15) is 0 Å². The second kappa shape index (κ2) is 7.09. The van der Waals surface area contributed by atoms with Gasteiger partial charge in [-0.05, 0) is 37.0 Å². The Morgan fingerprint density at radius 3 is 2.68 bits per heavy atom. The Morgan fingerprint density at radius 2 is 2.05 bits per heavy atom. The van der Waals surface area contributed by atoms with Crippen LogP contribution in [0.1, 0.15) is 31.2 Å². The van der Waals surface area contributed by atoms with Crippen molar-refractivity contribution >= 4 is 5.84 Å². The van der Waals surface area contributed by atoms with Gasteiger partial charge in [-0.25, -0.2) is 0 Å². The Labute approximate surface area is 114 Å². The van der Waals surface area contributed by atoms with Gasteiger partial charge in [-0.3, -0.25) is 9.88 Å². The van der Waals surface area contributed by atoms with Gasteiger partial charge < -0.3 is 10.9 Å². The number of rotatable bonds is 6. The minimum atomic E-state index is 0.293. The zero-order chi connectivity index (χ0) is 13.5. The monoisotopic (exact) mass is 262 g/mol. The summed E-state index contributed by atoms with van der Waals surface area (Å²) in [4.78, 5) is 6.36. The Balaban J connectivity index is 1.93. The van der Waals surface area contributed by atoms with Crippen LogP contribution in [0, 0.1) is 0 Å². The molecule has 1 aliphatic rings. The standard InChI is InChI=1S/C14H22N4O/c15-14(17-19)11-18(13-3-1-2-4-13)10-7-12-5-8-16-9-6-12/h5-6,8-9,13,19H,1-4,7,10-11H2,(H2,15,17). The fraction of sp³-hybridized carbons (Fsp3) is 0.571. The van der Waals surface area contributed by atoms with Crippen LogP contribution in [-0.2, 0) is 6.42 Å². The molecule has 5 nitrogen and oxygen atoms in total. The lowest BCUT2D eigenvalue weighted by Gasteiger charge is -2.28. The average molecular weight is 262 g/mol. The number of nitrogens with zero attached hydrogens (tertiary/aromatic N) is 3. The van der Waals surface area contributed by atoms with Gasteiger partial charge in [0.25, 0.3) is 0 Å². The molecule has 1 fully saturated rings. The van der Waals surface area contributed by atoms with Crippen LogP contribution in [0.4, 0.5) is 0 Å². The molecule has 1 aromatic heterocycles. The molecule has 0 atom stereocenters. The fourth-order valence-corrected chi connectivity index (χ4v) is 2.72. The zero-order valence-electron chi connectivity index (χ0n) is 11.2. The summed E-state index contributed by atoms with van der Waals surface area (Å²) in [5, 5.41) is 11.8. The molecule has 0 amide bonds. The van der Waals surface area contributed by atoms with Crippen molar-refractivity contribution in [3.05, 3.63) is 30.1 Å². The summed E-state index contributed by atoms with van der Waals surface area (Å²) in [6.45, 7) is 1.48. The van der Waals surface area contributed by atoms with Crippen LogP contribution < -0.4 is 5.73 Å². The first-order chi connectivity index (χ1) is 9.29. The van der Waals surface area contributed by atoms with Gasteiger partial charge in [0.2, 0.25) is 0 Å². The summed E-state index contributed by atoms with van der Waals surface area (Å²) in [6.07, 6.45) is 9.61. The summed E-state index contributed by atoms with van der Waals surface area (Å²) in [5.74, 6) is 0.293. The number of oxime groups is 1. The fourth-order valence-electron chi connectivity index (χ4n) is 2.72. The normalized spacial score (nSPS) is 17.2. The van der Waals surface area contributed by atoms with Gasteiger partial charge in [0, 0.05) is 25.0 Å². The molecule has 0 bridgehead atoms. The molecule has 0 saturated heterocycles. The van der Waals surface area contributed by atoms with Crippen molar-refractivity contribution < 1.29 is 5.21 Å². The molecule has 0 aliphatic heterocycles. The Morgan fingerprint density at radius 1 is 1.37 bits per heavy atom. The number of hydrogen-bond acceptors (Lipinski definition) is 4. The first-order valence-electron chi connectivity index (χ1n) is 6.89. The van der Waals surface area contributed by atoms with Crippen molar-refractivity contribution in [2.75, 3.05) is 13.1 Å². The van der Waals surface area contributed by atoms with Crippen LogP contribution in [-0.4, -0.2) is 40.1 Å². The van der Waals surface area contributed by atoms with Crippen LogP contribution in [0.25, 0.3) is 0 Å². The van der Waals surface area contributed by atoms with Crippen molar-refractivity contribution in [1.82, 2.24) is 9.88 Å². The summed E-state index contributed by atoms with van der Waals surface area (Å²) >= 11 is 0. The number of amidine groups is 1. The van der Waals surface area contributed by atoms with E-state index in [1.807, 2.05) is 24.5 Å². The molecule has 1 aromatic rings. The predicted molar refractivity (Wildman–Crippen MR) is 75.2 cm³/mol. The summed E-state index contributed by atoms with van der Waals surface area (Å²) in [5.41, 5.74) is 6.93. The van der Waals surface area contributed by atoms with Crippen molar-refractivity contribution in [3.8, 4) is 0 Å². The van der Waals surface area contributed by atoms with Gasteiger partial charge in [-0.15, -0.1) is 0 Å². The highest BCUT2D eigenvalue weighted by molar-refractivity contribution is 5.81. The molecule has 104 valence electrons. The van der Waals surface area contributed by atoms with Gasteiger partial charge in [0.15, 0.2) is 5.84 Å². The van der Waals surface area contributed by atoms with E-state index in [-0.39, 0.29) is 0 Å². The van der Waals surface area contributed by atoms with E-state index in [0.717, 1.165) is 13.0 Å².